The Kier molecular flexibility index (Phi) is 3.00. The molecule has 3 heterocycles. The van der Waals surface area contributed by atoms with E-state index in [1.807, 2.05) is 30.3 Å². The van der Waals surface area contributed by atoms with Crippen LogP contribution in [0.3, 0.4) is 0 Å². The van der Waals surface area contributed by atoms with E-state index < -0.39 is 5.66 Å². The number of benzene rings is 1. The number of hydrogen-bond acceptors (Lipinski definition) is 3. The van der Waals surface area contributed by atoms with Crippen LogP contribution in [0.25, 0.3) is 0 Å². The van der Waals surface area contributed by atoms with Gasteiger partial charge in [0.2, 0.25) is 5.91 Å². The Balaban J connectivity index is 1.95. The topological polar surface area (TPSA) is 69.3 Å². The molecular formula is C18H16N4O2. The van der Waals surface area contributed by atoms with Gasteiger partial charge in [0.15, 0.2) is 5.66 Å². The number of carbonyl (C=O) groups is 2. The molecule has 0 spiro atoms. The predicted octanol–water partition coefficient (Wildman–Crippen LogP) is 1.53. The van der Waals surface area contributed by atoms with Crippen LogP contribution in [0.2, 0.25) is 0 Å². The van der Waals surface area contributed by atoms with Crippen LogP contribution in [-0.2, 0) is 17.0 Å². The van der Waals surface area contributed by atoms with Gasteiger partial charge in [0.25, 0.3) is 5.91 Å². The van der Waals surface area contributed by atoms with Crippen molar-refractivity contribution in [2.45, 2.75) is 19.1 Å². The molecule has 6 nitrogen and oxygen atoms in total. The number of aromatic nitrogens is 1. The molecule has 1 saturated heterocycles. The third kappa shape index (κ3) is 1.75. The third-order valence-corrected chi connectivity index (χ3v) is 4.94. The van der Waals surface area contributed by atoms with E-state index >= 15 is 0 Å². The number of nitrogens with zero attached hydrogens (tertiary/aromatic N) is 4. The van der Waals surface area contributed by atoms with E-state index in [9.17, 15) is 9.59 Å². The number of nitriles is 1. The summed E-state index contributed by atoms with van der Waals surface area (Å²) in [6.45, 7) is 2.95. The van der Waals surface area contributed by atoms with Crippen LogP contribution in [0.5, 0.6) is 0 Å². The second-order valence-electron chi connectivity index (χ2n) is 6.16. The Morgan fingerprint density at radius 1 is 1.25 bits per heavy atom. The standard InChI is InChI=1S/C18H16N4O2/c1-13(23)21-7-8-22-17(24)16-9-14(10-19)11-20(16)12-18(21,22)15-5-3-2-4-6-15/h2-6,9,11H,7-8,12H2,1H3. The van der Waals surface area contributed by atoms with Gasteiger partial charge in [-0.3, -0.25) is 9.59 Å². The normalized spacial score (nSPS) is 22.1. The molecule has 2 amide bonds. The molecule has 1 unspecified atom stereocenters. The summed E-state index contributed by atoms with van der Waals surface area (Å²) < 4.78 is 1.80. The first-order valence-corrected chi connectivity index (χ1v) is 7.84. The zero-order valence-corrected chi connectivity index (χ0v) is 13.3. The molecule has 0 N–H and O–H groups in total. The van der Waals surface area contributed by atoms with Crippen molar-refractivity contribution in [1.29, 1.82) is 5.26 Å². The molecule has 120 valence electrons. The SMILES string of the molecule is CC(=O)N1CCN2C(=O)c3cc(C#N)cn3CC12c1ccccc1. The van der Waals surface area contributed by atoms with Gasteiger partial charge in [0.1, 0.15) is 11.8 Å². The highest BCUT2D eigenvalue weighted by molar-refractivity contribution is 5.95. The molecule has 0 bridgehead atoms. The number of hydrogen-bond donors (Lipinski definition) is 0. The van der Waals surface area contributed by atoms with Crippen molar-refractivity contribution >= 4 is 11.8 Å². The van der Waals surface area contributed by atoms with Gasteiger partial charge in [-0.05, 0) is 11.6 Å². The van der Waals surface area contributed by atoms with Gasteiger partial charge in [-0.25, -0.2) is 0 Å². The Bertz CT molecular complexity index is 880. The molecule has 1 aromatic carbocycles. The molecule has 0 saturated carbocycles. The van der Waals surface area contributed by atoms with E-state index in [0.29, 0.717) is 30.9 Å². The van der Waals surface area contributed by atoms with Crippen LogP contribution in [0.4, 0.5) is 0 Å². The van der Waals surface area contributed by atoms with Gasteiger partial charge in [-0.2, -0.15) is 5.26 Å². The van der Waals surface area contributed by atoms with Crippen molar-refractivity contribution < 1.29 is 9.59 Å². The van der Waals surface area contributed by atoms with Crippen LogP contribution in [0.15, 0.2) is 42.6 Å². The number of fused-ring (bicyclic) bond motifs is 2. The maximum Gasteiger partial charge on any atom is 0.272 e. The number of rotatable bonds is 1. The lowest BCUT2D eigenvalue weighted by Crippen LogP contribution is -2.59. The molecule has 1 aromatic heterocycles. The molecule has 1 atom stereocenters. The molecule has 4 rings (SSSR count). The minimum absolute atomic E-state index is 0.0646. The summed E-state index contributed by atoms with van der Waals surface area (Å²) in [5.41, 5.74) is 1.03. The fourth-order valence-electron chi connectivity index (χ4n) is 3.94. The highest BCUT2D eigenvalue weighted by Crippen LogP contribution is 2.42. The van der Waals surface area contributed by atoms with Crippen molar-refractivity contribution in [1.82, 2.24) is 14.4 Å². The zero-order valence-electron chi connectivity index (χ0n) is 13.3. The van der Waals surface area contributed by atoms with Crippen LogP contribution in [0, 0.1) is 11.3 Å². The van der Waals surface area contributed by atoms with E-state index in [4.69, 9.17) is 5.26 Å². The van der Waals surface area contributed by atoms with Crippen LogP contribution >= 0.6 is 0 Å². The van der Waals surface area contributed by atoms with E-state index in [0.717, 1.165) is 5.56 Å². The molecule has 2 aromatic rings. The fraction of sp³-hybridized carbons (Fsp3) is 0.278. The summed E-state index contributed by atoms with van der Waals surface area (Å²) in [5, 5.41) is 9.14. The van der Waals surface area contributed by atoms with Crippen molar-refractivity contribution in [3.8, 4) is 6.07 Å². The molecule has 0 aliphatic carbocycles. The Morgan fingerprint density at radius 2 is 2.00 bits per heavy atom. The van der Waals surface area contributed by atoms with E-state index in [1.54, 1.807) is 26.6 Å². The van der Waals surface area contributed by atoms with Gasteiger partial charge in [0, 0.05) is 26.2 Å². The van der Waals surface area contributed by atoms with E-state index in [-0.39, 0.29) is 11.8 Å². The van der Waals surface area contributed by atoms with Crippen molar-refractivity contribution in [2.75, 3.05) is 13.1 Å². The molecule has 24 heavy (non-hydrogen) atoms. The quantitative estimate of drug-likeness (QED) is 0.800. The Hall–Kier alpha value is -3.07. The van der Waals surface area contributed by atoms with Crippen molar-refractivity contribution in [3.63, 3.8) is 0 Å². The first-order valence-electron chi connectivity index (χ1n) is 7.84. The van der Waals surface area contributed by atoms with Crippen molar-refractivity contribution in [3.05, 3.63) is 59.4 Å². The first-order chi connectivity index (χ1) is 11.6. The van der Waals surface area contributed by atoms with Crippen molar-refractivity contribution in [2.24, 2.45) is 0 Å². The summed E-state index contributed by atoms with van der Waals surface area (Å²) in [5.74, 6) is -0.208. The Labute approximate surface area is 139 Å². The average Bonchev–Trinajstić information content (AvgIpc) is 3.18. The molecule has 6 heteroatoms. The van der Waals surface area contributed by atoms with Gasteiger partial charge < -0.3 is 14.4 Å². The highest BCUT2D eigenvalue weighted by atomic mass is 16.2. The van der Waals surface area contributed by atoms with Crippen LogP contribution in [0.1, 0.15) is 28.5 Å². The monoisotopic (exact) mass is 320 g/mol. The maximum atomic E-state index is 13.0. The lowest BCUT2D eigenvalue weighted by atomic mass is 9.94. The molecule has 2 aliphatic heterocycles. The fourth-order valence-corrected chi connectivity index (χ4v) is 3.94. The summed E-state index contributed by atoms with van der Waals surface area (Å²) >= 11 is 0. The largest absolute Gasteiger partial charge is 0.338 e. The maximum absolute atomic E-state index is 13.0. The highest BCUT2D eigenvalue weighted by Gasteiger charge is 2.55. The van der Waals surface area contributed by atoms with Crippen LogP contribution in [-0.4, -0.2) is 39.3 Å². The lowest BCUT2D eigenvalue weighted by Gasteiger charge is -2.47. The molecule has 0 radical (unpaired) electrons. The van der Waals surface area contributed by atoms with E-state index in [2.05, 4.69) is 6.07 Å². The molecule has 2 aliphatic rings. The minimum atomic E-state index is -0.830. The van der Waals surface area contributed by atoms with Gasteiger partial charge >= 0.3 is 0 Å². The smallest absolute Gasteiger partial charge is 0.272 e. The lowest BCUT2D eigenvalue weighted by molar-refractivity contribution is -0.138. The first kappa shape index (κ1) is 14.5. The van der Waals surface area contributed by atoms with Gasteiger partial charge in [0.05, 0.1) is 12.1 Å². The summed E-state index contributed by atoms with van der Waals surface area (Å²) in [4.78, 5) is 28.8. The second-order valence-corrected chi connectivity index (χ2v) is 6.16. The predicted molar refractivity (Wildman–Crippen MR) is 85.7 cm³/mol. The Morgan fingerprint density at radius 3 is 2.67 bits per heavy atom. The van der Waals surface area contributed by atoms with Gasteiger partial charge in [-0.1, -0.05) is 30.3 Å². The molecular weight excluding hydrogens is 304 g/mol. The summed E-state index contributed by atoms with van der Waals surface area (Å²) in [6.07, 6.45) is 1.69. The van der Waals surface area contributed by atoms with E-state index in [1.165, 1.54) is 6.92 Å². The summed E-state index contributed by atoms with van der Waals surface area (Å²) in [7, 11) is 0. The molecule has 1 fully saturated rings. The van der Waals surface area contributed by atoms with Gasteiger partial charge in [-0.15, -0.1) is 0 Å². The number of carbonyl (C=O) groups excluding carboxylic acids is 2. The third-order valence-electron chi connectivity index (χ3n) is 4.94. The van der Waals surface area contributed by atoms with Crippen LogP contribution < -0.4 is 0 Å². The second kappa shape index (κ2) is 4.96. The summed E-state index contributed by atoms with van der Waals surface area (Å²) in [6, 6.07) is 13.3. The minimum Gasteiger partial charge on any atom is -0.338 e. The average molecular weight is 320 g/mol. The number of amides is 2. The zero-order chi connectivity index (χ0) is 16.9.